The largest absolute Gasteiger partial charge is 0.543 e. The van der Waals surface area contributed by atoms with Crippen molar-refractivity contribution in [2.24, 2.45) is 17.3 Å². The molecule has 0 aromatic heterocycles. The van der Waals surface area contributed by atoms with Crippen LogP contribution in [-0.4, -0.2) is 41.9 Å². The van der Waals surface area contributed by atoms with E-state index in [4.69, 9.17) is 4.43 Å². The van der Waals surface area contributed by atoms with Crippen molar-refractivity contribution in [2.45, 2.75) is 95.7 Å². The summed E-state index contributed by atoms with van der Waals surface area (Å²) in [6.45, 7) is 13.4. The number of aliphatic hydroxyl groups excluding tert-OH is 3. The van der Waals surface area contributed by atoms with Crippen LogP contribution in [0.15, 0.2) is 18.2 Å². The number of benzene rings is 1. The predicted octanol–water partition coefficient (Wildman–Crippen LogP) is 4.23. The summed E-state index contributed by atoms with van der Waals surface area (Å²) in [5.74, 6) is 1.66. The van der Waals surface area contributed by atoms with Gasteiger partial charge in [-0.2, -0.15) is 0 Å². The third-order valence-corrected chi connectivity index (χ3v) is 13.2. The number of aryl methyl sites for hydroxylation is 1. The molecule has 7 atom stereocenters. The molecule has 3 aliphatic rings. The summed E-state index contributed by atoms with van der Waals surface area (Å²) in [7, 11) is -1.87. The molecule has 3 aliphatic carbocycles. The zero-order valence-electron chi connectivity index (χ0n) is 18.8. The first-order chi connectivity index (χ1) is 13.4. The highest BCUT2D eigenvalue weighted by molar-refractivity contribution is 6.74. The van der Waals surface area contributed by atoms with Crippen LogP contribution < -0.4 is 4.43 Å². The summed E-state index contributed by atoms with van der Waals surface area (Å²) in [6.07, 6.45) is 1.13. The Balaban J connectivity index is 1.61. The molecular weight excluding hydrogens is 380 g/mol. The van der Waals surface area contributed by atoms with E-state index >= 15 is 0 Å². The average Bonchev–Trinajstić information content (AvgIpc) is 2.80. The maximum Gasteiger partial charge on any atom is 0.250 e. The molecule has 3 N–H and O–H groups in total. The van der Waals surface area contributed by atoms with Crippen LogP contribution in [0.25, 0.3) is 0 Å². The third kappa shape index (κ3) is 3.20. The number of rotatable bonds is 2. The van der Waals surface area contributed by atoms with Crippen LogP contribution in [0.3, 0.4) is 0 Å². The quantitative estimate of drug-likeness (QED) is 0.629. The molecule has 162 valence electrons. The van der Waals surface area contributed by atoms with Crippen LogP contribution in [-0.2, 0) is 6.42 Å². The van der Waals surface area contributed by atoms with Crippen LogP contribution in [0.4, 0.5) is 0 Å². The maximum atomic E-state index is 10.7. The zero-order chi connectivity index (χ0) is 21.4. The van der Waals surface area contributed by atoms with E-state index in [-0.39, 0.29) is 16.4 Å². The fourth-order valence-corrected chi connectivity index (χ4v) is 7.15. The highest BCUT2D eigenvalue weighted by Gasteiger charge is 2.62. The molecule has 29 heavy (non-hydrogen) atoms. The van der Waals surface area contributed by atoms with Gasteiger partial charge in [-0.05, 0) is 84.8 Å². The molecule has 2 fully saturated rings. The standard InChI is InChI=1S/C24H38O4Si/c1-23(2,3)29(5,6)28-15-8-10-16-14(13-15)7-9-18-17(16)11-12-24(4)19(18)20(25)21(26)22(24)27/h8,10,13,17-22,25-27H,7,9,11-12H2,1-6H3/t17?,18?,19?,20-,21-,22+,24+/m1/s1. The summed E-state index contributed by atoms with van der Waals surface area (Å²) in [5, 5.41) is 31.8. The van der Waals surface area contributed by atoms with Gasteiger partial charge in [0.25, 0.3) is 0 Å². The lowest BCUT2D eigenvalue weighted by Crippen LogP contribution is -2.46. The Bertz CT molecular complexity index is 786. The van der Waals surface area contributed by atoms with E-state index in [0.29, 0.717) is 11.8 Å². The van der Waals surface area contributed by atoms with E-state index in [1.54, 1.807) is 0 Å². The third-order valence-electron chi connectivity index (χ3n) is 8.89. The molecule has 0 spiro atoms. The van der Waals surface area contributed by atoms with Gasteiger partial charge in [0.05, 0.1) is 12.2 Å². The lowest BCUT2D eigenvalue weighted by molar-refractivity contribution is -0.0505. The van der Waals surface area contributed by atoms with E-state index in [2.05, 4.69) is 59.0 Å². The second-order valence-corrected chi connectivity index (χ2v) is 16.3. The van der Waals surface area contributed by atoms with Crippen molar-refractivity contribution >= 4 is 8.32 Å². The van der Waals surface area contributed by atoms with Crippen LogP contribution in [0.5, 0.6) is 5.75 Å². The lowest BCUT2D eigenvalue weighted by atomic mass is 9.55. The predicted molar refractivity (Wildman–Crippen MR) is 118 cm³/mol. The van der Waals surface area contributed by atoms with Gasteiger partial charge in [0.1, 0.15) is 11.9 Å². The van der Waals surface area contributed by atoms with Gasteiger partial charge >= 0.3 is 0 Å². The van der Waals surface area contributed by atoms with Gasteiger partial charge in [0, 0.05) is 5.41 Å². The Hall–Kier alpha value is -0.883. The average molecular weight is 419 g/mol. The normalized spacial score (nSPS) is 39.5. The molecule has 1 aromatic carbocycles. The Kier molecular flexibility index (Phi) is 5.01. The SMILES string of the molecule is CC(C)(C)[Si](C)(C)Oc1ccc2c(c1)CCC1C2CC[C@@]2(C)C1[C@@H](O)[C@@H](O)[C@@H]2O. The number of aliphatic hydroxyl groups is 3. The van der Waals surface area contributed by atoms with Crippen molar-refractivity contribution in [3.05, 3.63) is 29.3 Å². The molecule has 0 saturated heterocycles. The molecule has 1 aromatic rings. The fourth-order valence-electron chi connectivity index (χ4n) is 6.12. The van der Waals surface area contributed by atoms with Crippen molar-refractivity contribution in [3.63, 3.8) is 0 Å². The second-order valence-electron chi connectivity index (χ2n) is 11.5. The van der Waals surface area contributed by atoms with E-state index in [9.17, 15) is 15.3 Å². The van der Waals surface area contributed by atoms with E-state index in [0.717, 1.165) is 31.4 Å². The van der Waals surface area contributed by atoms with Gasteiger partial charge in [-0.1, -0.05) is 33.8 Å². The van der Waals surface area contributed by atoms with Crippen molar-refractivity contribution in [3.8, 4) is 5.75 Å². The molecular formula is C24H38O4Si. The monoisotopic (exact) mass is 418 g/mol. The molecule has 5 heteroatoms. The number of fused-ring (bicyclic) bond motifs is 5. The zero-order valence-corrected chi connectivity index (χ0v) is 19.8. The van der Waals surface area contributed by atoms with Crippen LogP contribution in [0.2, 0.25) is 18.1 Å². The molecule has 0 aliphatic heterocycles. The number of hydrogen-bond donors (Lipinski definition) is 3. The first-order valence-electron chi connectivity index (χ1n) is 11.2. The first-order valence-corrected chi connectivity index (χ1v) is 14.1. The summed E-state index contributed by atoms with van der Waals surface area (Å²) in [4.78, 5) is 0. The topological polar surface area (TPSA) is 69.9 Å². The van der Waals surface area contributed by atoms with Gasteiger partial charge in [-0.3, -0.25) is 0 Å². The van der Waals surface area contributed by atoms with Crippen molar-refractivity contribution in [1.29, 1.82) is 0 Å². The van der Waals surface area contributed by atoms with E-state index in [1.165, 1.54) is 11.1 Å². The fraction of sp³-hybridized carbons (Fsp3) is 0.750. The summed E-state index contributed by atoms with van der Waals surface area (Å²) < 4.78 is 6.53. The van der Waals surface area contributed by atoms with Gasteiger partial charge in [0.2, 0.25) is 8.32 Å². The number of hydrogen-bond acceptors (Lipinski definition) is 4. The maximum absolute atomic E-state index is 10.7. The van der Waals surface area contributed by atoms with Crippen molar-refractivity contribution in [1.82, 2.24) is 0 Å². The minimum absolute atomic E-state index is 0.0393. The minimum Gasteiger partial charge on any atom is -0.543 e. The van der Waals surface area contributed by atoms with E-state index < -0.39 is 26.6 Å². The molecule has 3 unspecified atom stereocenters. The molecule has 4 nitrogen and oxygen atoms in total. The highest BCUT2D eigenvalue weighted by atomic mass is 28.4. The second kappa shape index (κ2) is 6.81. The Morgan fingerprint density at radius 2 is 1.76 bits per heavy atom. The van der Waals surface area contributed by atoms with Crippen LogP contribution in [0, 0.1) is 17.3 Å². The van der Waals surface area contributed by atoms with Gasteiger partial charge in [-0.15, -0.1) is 0 Å². The smallest absolute Gasteiger partial charge is 0.250 e. The van der Waals surface area contributed by atoms with Crippen molar-refractivity contribution in [2.75, 3.05) is 0 Å². The molecule has 0 heterocycles. The highest BCUT2D eigenvalue weighted by Crippen LogP contribution is 2.61. The van der Waals surface area contributed by atoms with Gasteiger partial charge < -0.3 is 19.7 Å². The first kappa shape index (κ1) is 21.4. The molecule has 0 amide bonds. The van der Waals surface area contributed by atoms with Crippen molar-refractivity contribution < 1.29 is 19.7 Å². The van der Waals surface area contributed by atoms with E-state index in [1.807, 2.05) is 0 Å². The molecule has 0 radical (unpaired) electrons. The summed E-state index contributed by atoms with van der Waals surface area (Å²) in [5.41, 5.74) is 2.37. The van der Waals surface area contributed by atoms with Crippen LogP contribution in [0.1, 0.15) is 64.0 Å². The Morgan fingerprint density at radius 3 is 2.41 bits per heavy atom. The summed E-state index contributed by atoms with van der Waals surface area (Å²) >= 11 is 0. The molecule has 0 bridgehead atoms. The minimum atomic E-state index is -1.87. The Morgan fingerprint density at radius 1 is 1.07 bits per heavy atom. The summed E-state index contributed by atoms with van der Waals surface area (Å²) in [6, 6.07) is 6.62. The lowest BCUT2D eigenvalue weighted by Gasteiger charge is -2.50. The Labute approximate surface area is 176 Å². The van der Waals surface area contributed by atoms with Gasteiger partial charge in [-0.25, -0.2) is 0 Å². The van der Waals surface area contributed by atoms with Gasteiger partial charge in [0.15, 0.2) is 0 Å². The van der Waals surface area contributed by atoms with Crippen LogP contribution >= 0.6 is 0 Å². The molecule has 2 saturated carbocycles. The molecule has 4 rings (SSSR count).